The highest BCUT2D eigenvalue weighted by Gasteiger charge is 2.16. The Bertz CT molecular complexity index is 831. The molecule has 0 spiro atoms. The van der Waals surface area contributed by atoms with Crippen LogP contribution in [0.25, 0.3) is 16.4 Å². The smallest absolute Gasteiger partial charge is 0.251 e. The molecule has 0 bridgehead atoms. The van der Waals surface area contributed by atoms with E-state index in [0.29, 0.717) is 11.1 Å². The second-order valence-electron chi connectivity index (χ2n) is 4.49. The van der Waals surface area contributed by atoms with Crippen molar-refractivity contribution in [2.75, 3.05) is 0 Å². The van der Waals surface area contributed by atoms with Crippen LogP contribution >= 0.6 is 0 Å². The number of hydrogen-bond donors (Lipinski definition) is 1. The van der Waals surface area contributed by atoms with Gasteiger partial charge in [0.25, 0.3) is 5.91 Å². The third-order valence-corrected chi connectivity index (χ3v) is 3.29. The number of aromatic nitrogens is 1. The van der Waals surface area contributed by atoms with Crippen LogP contribution in [0.1, 0.15) is 27.6 Å². The van der Waals surface area contributed by atoms with Gasteiger partial charge in [0.2, 0.25) is 0 Å². The minimum absolute atomic E-state index is 0.0136. The fraction of sp³-hybridized carbons (Fsp3) is 0.0667. The van der Waals surface area contributed by atoms with E-state index in [0.717, 1.165) is 16.4 Å². The van der Waals surface area contributed by atoms with Gasteiger partial charge in [0.15, 0.2) is 5.78 Å². The third kappa shape index (κ3) is 1.61. The van der Waals surface area contributed by atoms with Crippen LogP contribution in [0.3, 0.4) is 0 Å². The highest BCUT2D eigenvalue weighted by atomic mass is 16.1. The Hall–Kier alpha value is -2.62. The number of ketones is 1. The molecule has 2 aromatic heterocycles. The van der Waals surface area contributed by atoms with Crippen molar-refractivity contribution in [2.45, 2.75) is 6.92 Å². The van der Waals surface area contributed by atoms with E-state index >= 15 is 0 Å². The number of amides is 1. The van der Waals surface area contributed by atoms with Gasteiger partial charge in [-0.3, -0.25) is 9.59 Å². The van der Waals surface area contributed by atoms with Crippen LogP contribution in [-0.4, -0.2) is 16.1 Å². The fourth-order valence-corrected chi connectivity index (χ4v) is 2.40. The molecule has 1 amide bonds. The van der Waals surface area contributed by atoms with Crippen molar-refractivity contribution < 1.29 is 9.59 Å². The van der Waals surface area contributed by atoms with Gasteiger partial charge in [-0.15, -0.1) is 0 Å². The summed E-state index contributed by atoms with van der Waals surface area (Å²) in [4.78, 5) is 23.1. The maximum absolute atomic E-state index is 11.7. The van der Waals surface area contributed by atoms with Crippen LogP contribution in [0.2, 0.25) is 0 Å². The Labute approximate surface area is 109 Å². The minimum atomic E-state index is -0.464. The van der Waals surface area contributed by atoms with Crippen LogP contribution in [0.5, 0.6) is 0 Å². The van der Waals surface area contributed by atoms with Gasteiger partial charge in [0.1, 0.15) is 0 Å². The SMILES string of the molecule is CC(=O)c1ccc2c(C(N)=O)c3ccccc3n2c1. The van der Waals surface area contributed by atoms with Crippen LogP contribution in [0.15, 0.2) is 42.6 Å². The van der Waals surface area contributed by atoms with Crippen molar-refractivity contribution in [3.63, 3.8) is 0 Å². The van der Waals surface area contributed by atoms with Crippen LogP contribution in [-0.2, 0) is 0 Å². The number of para-hydroxylation sites is 1. The lowest BCUT2D eigenvalue weighted by molar-refractivity contribution is 0.0999. The monoisotopic (exact) mass is 252 g/mol. The summed E-state index contributed by atoms with van der Waals surface area (Å²) in [5.41, 5.74) is 8.15. The fourth-order valence-electron chi connectivity index (χ4n) is 2.40. The number of rotatable bonds is 2. The Balaban J connectivity index is 2.52. The summed E-state index contributed by atoms with van der Waals surface area (Å²) in [6, 6.07) is 11.0. The molecule has 0 saturated carbocycles. The molecule has 0 aliphatic rings. The van der Waals surface area contributed by atoms with E-state index in [1.807, 2.05) is 28.7 Å². The number of carbonyl (C=O) groups is 2. The molecular weight excluding hydrogens is 240 g/mol. The lowest BCUT2D eigenvalue weighted by Gasteiger charge is -2.00. The zero-order valence-corrected chi connectivity index (χ0v) is 10.4. The van der Waals surface area contributed by atoms with Crippen LogP contribution in [0, 0.1) is 0 Å². The summed E-state index contributed by atoms with van der Waals surface area (Å²) in [6.07, 6.45) is 1.74. The highest BCUT2D eigenvalue weighted by Crippen LogP contribution is 2.26. The molecule has 19 heavy (non-hydrogen) atoms. The number of benzene rings is 1. The van der Waals surface area contributed by atoms with Crippen molar-refractivity contribution in [1.29, 1.82) is 0 Å². The van der Waals surface area contributed by atoms with Crippen LogP contribution < -0.4 is 5.73 Å². The van der Waals surface area contributed by atoms with Gasteiger partial charge in [-0.05, 0) is 25.1 Å². The number of primary amides is 1. The summed E-state index contributed by atoms with van der Waals surface area (Å²) in [5, 5.41) is 0.802. The van der Waals surface area contributed by atoms with Gasteiger partial charge in [0.05, 0.1) is 16.6 Å². The molecule has 0 radical (unpaired) electrons. The molecule has 0 unspecified atom stereocenters. The van der Waals surface area contributed by atoms with Crippen molar-refractivity contribution >= 4 is 28.1 Å². The van der Waals surface area contributed by atoms with Gasteiger partial charge >= 0.3 is 0 Å². The maximum atomic E-state index is 11.7. The standard InChI is InChI=1S/C15H12N2O2/c1-9(18)10-6-7-13-14(15(16)19)11-4-2-3-5-12(11)17(13)8-10/h2-8H,1H3,(H2,16,19). The second kappa shape index (κ2) is 3.95. The first-order chi connectivity index (χ1) is 9.09. The molecule has 4 nitrogen and oxygen atoms in total. The number of carbonyl (C=O) groups excluding carboxylic acids is 2. The topological polar surface area (TPSA) is 64.6 Å². The Morgan fingerprint density at radius 1 is 1.05 bits per heavy atom. The summed E-state index contributed by atoms with van der Waals surface area (Å²) < 4.78 is 1.84. The molecule has 0 aliphatic carbocycles. The molecule has 0 saturated heterocycles. The normalized spacial score (nSPS) is 11.0. The predicted octanol–water partition coefficient (Wildman–Crippen LogP) is 2.39. The second-order valence-corrected chi connectivity index (χ2v) is 4.49. The zero-order valence-electron chi connectivity index (χ0n) is 10.4. The minimum Gasteiger partial charge on any atom is -0.366 e. The van der Waals surface area contributed by atoms with Crippen molar-refractivity contribution in [3.05, 3.63) is 53.7 Å². The third-order valence-electron chi connectivity index (χ3n) is 3.29. The summed E-state index contributed by atoms with van der Waals surface area (Å²) in [6.45, 7) is 1.52. The van der Waals surface area contributed by atoms with E-state index in [2.05, 4.69) is 0 Å². The molecular formula is C15H12N2O2. The molecule has 2 heterocycles. The highest BCUT2D eigenvalue weighted by molar-refractivity contribution is 6.13. The number of Topliss-reactive ketones (excluding diaryl/α,β-unsaturated/α-hetero) is 1. The quantitative estimate of drug-likeness (QED) is 0.712. The van der Waals surface area contributed by atoms with E-state index in [1.54, 1.807) is 18.3 Å². The van der Waals surface area contributed by atoms with Gasteiger partial charge in [0, 0.05) is 17.1 Å². The molecule has 94 valence electrons. The van der Waals surface area contributed by atoms with Gasteiger partial charge < -0.3 is 10.1 Å². The lowest BCUT2D eigenvalue weighted by Crippen LogP contribution is -2.10. The average molecular weight is 252 g/mol. The summed E-state index contributed by atoms with van der Waals surface area (Å²) >= 11 is 0. The number of fused-ring (bicyclic) bond motifs is 3. The first kappa shape index (κ1) is 11.5. The Kier molecular flexibility index (Phi) is 2.38. The van der Waals surface area contributed by atoms with Crippen molar-refractivity contribution in [2.24, 2.45) is 5.73 Å². The number of hydrogen-bond acceptors (Lipinski definition) is 2. The molecule has 3 rings (SSSR count). The van der Waals surface area contributed by atoms with Gasteiger partial charge in [-0.1, -0.05) is 18.2 Å². The first-order valence-corrected chi connectivity index (χ1v) is 5.93. The van der Waals surface area contributed by atoms with Gasteiger partial charge in [-0.25, -0.2) is 0 Å². The van der Waals surface area contributed by atoms with E-state index in [-0.39, 0.29) is 5.78 Å². The molecule has 0 atom stereocenters. The lowest BCUT2D eigenvalue weighted by atomic mass is 10.1. The molecule has 1 aromatic carbocycles. The predicted molar refractivity (Wildman–Crippen MR) is 73.4 cm³/mol. The van der Waals surface area contributed by atoms with Crippen LogP contribution in [0.4, 0.5) is 0 Å². The molecule has 2 N–H and O–H groups in total. The summed E-state index contributed by atoms with van der Waals surface area (Å²) in [5.74, 6) is -0.477. The van der Waals surface area contributed by atoms with Crippen molar-refractivity contribution in [3.8, 4) is 0 Å². The molecule has 0 aliphatic heterocycles. The first-order valence-electron chi connectivity index (χ1n) is 5.93. The number of pyridine rings is 1. The van der Waals surface area contributed by atoms with E-state index in [9.17, 15) is 9.59 Å². The van der Waals surface area contributed by atoms with E-state index in [1.165, 1.54) is 6.92 Å². The van der Waals surface area contributed by atoms with Crippen molar-refractivity contribution in [1.82, 2.24) is 4.40 Å². The molecule has 0 fully saturated rings. The number of nitrogens with two attached hydrogens (primary N) is 1. The zero-order chi connectivity index (χ0) is 13.6. The summed E-state index contributed by atoms with van der Waals surface area (Å²) in [7, 11) is 0. The Morgan fingerprint density at radius 2 is 1.79 bits per heavy atom. The number of nitrogens with zero attached hydrogens (tertiary/aromatic N) is 1. The Morgan fingerprint density at radius 3 is 2.47 bits per heavy atom. The van der Waals surface area contributed by atoms with Gasteiger partial charge in [-0.2, -0.15) is 0 Å². The van der Waals surface area contributed by atoms with E-state index < -0.39 is 5.91 Å². The maximum Gasteiger partial charge on any atom is 0.251 e. The van der Waals surface area contributed by atoms with E-state index in [4.69, 9.17) is 5.73 Å². The molecule has 4 heteroatoms. The average Bonchev–Trinajstić information content (AvgIpc) is 2.72. The molecule has 3 aromatic rings. The largest absolute Gasteiger partial charge is 0.366 e.